The number of hydrogen-bond acceptors (Lipinski definition) is 2. The van der Waals surface area contributed by atoms with E-state index in [0.717, 1.165) is 24.9 Å². The zero-order valence-corrected chi connectivity index (χ0v) is 13.8. The Balaban J connectivity index is 2.77. The number of Topliss-reactive ketones (excluding diaryl/α,β-unsaturated/α-hetero) is 1. The standard InChI is InChI=1S/C17H26ClNO/c1-5-16(6-2)19(11-13(3)4)12-17(20)14-7-9-15(18)10-8-14/h7-10,13,16H,5-6,11-12H2,1-4H3. The van der Waals surface area contributed by atoms with Gasteiger partial charge in [0, 0.05) is 23.2 Å². The van der Waals surface area contributed by atoms with Crippen LogP contribution in [0, 0.1) is 5.92 Å². The van der Waals surface area contributed by atoms with Gasteiger partial charge in [-0.15, -0.1) is 0 Å². The summed E-state index contributed by atoms with van der Waals surface area (Å²) in [6.45, 7) is 10.2. The van der Waals surface area contributed by atoms with E-state index in [-0.39, 0.29) is 5.78 Å². The number of nitrogens with zero attached hydrogens (tertiary/aromatic N) is 1. The van der Waals surface area contributed by atoms with Crippen molar-refractivity contribution in [2.75, 3.05) is 13.1 Å². The number of carbonyl (C=O) groups excluding carboxylic acids is 1. The van der Waals surface area contributed by atoms with Crippen molar-refractivity contribution in [2.24, 2.45) is 5.92 Å². The van der Waals surface area contributed by atoms with Gasteiger partial charge < -0.3 is 0 Å². The van der Waals surface area contributed by atoms with Crippen molar-refractivity contribution in [1.82, 2.24) is 4.90 Å². The molecule has 0 aromatic heterocycles. The first-order valence-corrected chi connectivity index (χ1v) is 7.88. The number of benzene rings is 1. The summed E-state index contributed by atoms with van der Waals surface area (Å²) in [7, 11) is 0. The molecular formula is C17H26ClNO. The van der Waals surface area contributed by atoms with Crippen LogP contribution in [0.5, 0.6) is 0 Å². The van der Waals surface area contributed by atoms with Crippen LogP contribution in [-0.4, -0.2) is 29.8 Å². The molecule has 0 heterocycles. The van der Waals surface area contributed by atoms with E-state index in [4.69, 9.17) is 11.6 Å². The summed E-state index contributed by atoms with van der Waals surface area (Å²) in [6.07, 6.45) is 2.16. The Kier molecular flexibility index (Phi) is 7.25. The quantitative estimate of drug-likeness (QED) is 0.650. The van der Waals surface area contributed by atoms with Gasteiger partial charge in [0.2, 0.25) is 0 Å². The third-order valence-corrected chi connectivity index (χ3v) is 3.82. The molecule has 1 rings (SSSR count). The molecule has 3 heteroatoms. The largest absolute Gasteiger partial charge is 0.293 e. The van der Waals surface area contributed by atoms with Crippen molar-refractivity contribution >= 4 is 17.4 Å². The van der Waals surface area contributed by atoms with E-state index in [1.165, 1.54) is 0 Å². The summed E-state index contributed by atoms with van der Waals surface area (Å²) in [5.74, 6) is 0.739. The molecule has 0 N–H and O–H groups in total. The van der Waals surface area contributed by atoms with E-state index in [1.54, 1.807) is 12.1 Å². The molecule has 0 saturated carbocycles. The zero-order chi connectivity index (χ0) is 15.1. The summed E-state index contributed by atoms with van der Waals surface area (Å²) < 4.78 is 0. The molecule has 0 atom stereocenters. The summed E-state index contributed by atoms with van der Waals surface area (Å²) in [5.41, 5.74) is 0.745. The molecule has 0 fully saturated rings. The van der Waals surface area contributed by atoms with Gasteiger partial charge in [0.1, 0.15) is 0 Å². The Bertz CT molecular complexity index is 410. The number of carbonyl (C=O) groups is 1. The smallest absolute Gasteiger partial charge is 0.176 e. The molecule has 0 radical (unpaired) electrons. The van der Waals surface area contributed by atoms with Crippen LogP contribution in [0.25, 0.3) is 0 Å². The van der Waals surface area contributed by atoms with Crippen LogP contribution in [0.2, 0.25) is 5.02 Å². The Morgan fingerprint density at radius 1 is 1.15 bits per heavy atom. The van der Waals surface area contributed by atoms with Gasteiger partial charge in [0.05, 0.1) is 6.54 Å². The molecule has 1 aromatic carbocycles. The minimum Gasteiger partial charge on any atom is -0.293 e. The average molecular weight is 296 g/mol. The fourth-order valence-corrected chi connectivity index (χ4v) is 2.65. The second-order valence-electron chi connectivity index (χ2n) is 5.72. The van der Waals surface area contributed by atoms with E-state index < -0.39 is 0 Å². The highest BCUT2D eigenvalue weighted by Crippen LogP contribution is 2.14. The Morgan fingerprint density at radius 3 is 2.15 bits per heavy atom. The van der Waals surface area contributed by atoms with Gasteiger partial charge in [-0.05, 0) is 43.0 Å². The molecule has 112 valence electrons. The van der Waals surface area contributed by atoms with E-state index in [2.05, 4.69) is 32.6 Å². The minimum absolute atomic E-state index is 0.175. The topological polar surface area (TPSA) is 20.3 Å². The van der Waals surface area contributed by atoms with Gasteiger partial charge in [-0.25, -0.2) is 0 Å². The minimum atomic E-state index is 0.175. The molecule has 0 aliphatic rings. The van der Waals surface area contributed by atoms with Crippen molar-refractivity contribution < 1.29 is 4.79 Å². The number of halogens is 1. The summed E-state index contributed by atoms with van der Waals surface area (Å²) in [5, 5.41) is 0.667. The van der Waals surface area contributed by atoms with Crippen LogP contribution >= 0.6 is 11.6 Å². The van der Waals surface area contributed by atoms with Gasteiger partial charge in [0.15, 0.2) is 5.78 Å². The first-order chi connectivity index (χ1) is 9.47. The van der Waals surface area contributed by atoms with Crippen molar-refractivity contribution in [1.29, 1.82) is 0 Å². The van der Waals surface area contributed by atoms with Crippen LogP contribution in [0.3, 0.4) is 0 Å². The Labute approximate surface area is 128 Å². The molecule has 0 aliphatic heterocycles. The van der Waals surface area contributed by atoms with Gasteiger partial charge in [-0.2, -0.15) is 0 Å². The second kappa shape index (κ2) is 8.43. The van der Waals surface area contributed by atoms with Crippen LogP contribution < -0.4 is 0 Å². The molecule has 0 spiro atoms. The molecule has 0 saturated heterocycles. The second-order valence-corrected chi connectivity index (χ2v) is 6.16. The predicted molar refractivity (Wildman–Crippen MR) is 86.6 cm³/mol. The van der Waals surface area contributed by atoms with Crippen LogP contribution in [-0.2, 0) is 0 Å². The first kappa shape index (κ1) is 17.2. The van der Waals surface area contributed by atoms with E-state index in [1.807, 2.05) is 12.1 Å². The van der Waals surface area contributed by atoms with Gasteiger partial charge >= 0.3 is 0 Å². The maximum absolute atomic E-state index is 12.4. The molecule has 1 aromatic rings. The van der Waals surface area contributed by atoms with Gasteiger partial charge in [-0.1, -0.05) is 39.3 Å². The number of hydrogen-bond donors (Lipinski definition) is 0. The number of ketones is 1. The van der Waals surface area contributed by atoms with E-state index >= 15 is 0 Å². The third kappa shape index (κ3) is 5.26. The Morgan fingerprint density at radius 2 is 1.70 bits per heavy atom. The lowest BCUT2D eigenvalue weighted by molar-refractivity contribution is 0.0866. The van der Waals surface area contributed by atoms with Crippen molar-refractivity contribution in [3.05, 3.63) is 34.9 Å². The number of rotatable bonds is 8. The molecule has 0 amide bonds. The van der Waals surface area contributed by atoms with Gasteiger partial charge in [0.25, 0.3) is 0 Å². The summed E-state index contributed by atoms with van der Waals surface area (Å²) in [6, 6.07) is 7.65. The normalized spacial score (nSPS) is 11.6. The van der Waals surface area contributed by atoms with E-state index in [0.29, 0.717) is 23.5 Å². The lowest BCUT2D eigenvalue weighted by Gasteiger charge is -2.31. The molecular weight excluding hydrogens is 270 g/mol. The lowest BCUT2D eigenvalue weighted by atomic mass is 10.0. The van der Waals surface area contributed by atoms with Crippen LogP contribution in [0.4, 0.5) is 0 Å². The lowest BCUT2D eigenvalue weighted by Crippen LogP contribution is -2.40. The monoisotopic (exact) mass is 295 g/mol. The molecule has 2 nitrogen and oxygen atoms in total. The highest BCUT2D eigenvalue weighted by molar-refractivity contribution is 6.30. The van der Waals surface area contributed by atoms with Crippen LogP contribution in [0.15, 0.2) is 24.3 Å². The summed E-state index contributed by atoms with van der Waals surface area (Å²) >= 11 is 5.86. The molecule has 0 bridgehead atoms. The zero-order valence-electron chi connectivity index (χ0n) is 13.0. The maximum atomic E-state index is 12.4. The fraction of sp³-hybridized carbons (Fsp3) is 0.588. The highest BCUT2D eigenvalue weighted by Gasteiger charge is 2.19. The maximum Gasteiger partial charge on any atom is 0.176 e. The molecule has 20 heavy (non-hydrogen) atoms. The third-order valence-electron chi connectivity index (χ3n) is 3.57. The molecule has 0 unspecified atom stereocenters. The highest BCUT2D eigenvalue weighted by atomic mass is 35.5. The SMILES string of the molecule is CCC(CC)N(CC(=O)c1ccc(Cl)cc1)CC(C)C. The summed E-state index contributed by atoms with van der Waals surface area (Å²) in [4.78, 5) is 14.7. The van der Waals surface area contributed by atoms with Crippen LogP contribution in [0.1, 0.15) is 50.9 Å². The fourth-order valence-electron chi connectivity index (χ4n) is 2.53. The first-order valence-electron chi connectivity index (χ1n) is 7.50. The Hall–Kier alpha value is -0.860. The average Bonchev–Trinajstić information content (AvgIpc) is 2.40. The molecule has 0 aliphatic carbocycles. The van der Waals surface area contributed by atoms with Crippen molar-refractivity contribution in [3.8, 4) is 0 Å². The van der Waals surface area contributed by atoms with E-state index in [9.17, 15) is 4.79 Å². The van der Waals surface area contributed by atoms with Gasteiger partial charge in [-0.3, -0.25) is 9.69 Å². The predicted octanol–water partition coefficient (Wildman–Crippen LogP) is 4.67. The van der Waals surface area contributed by atoms with Crippen molar-refractivity contribution in [3.63, 3.8) is 0 Å². The van der Waals surface area contributed by atoms with Crippen molar-refractivity contribution in [2.45, 2.75) is 46.6 Å².